The van der Waals surface area contributed by atoms with Gasteiger partial charge in [-0.1, -0.05) is 44.7 Å². The number of nitrogens with zero attached hydrogens (tertiary/aromatic N) is 2. The van der Waals surface area contributed by atoms with E-state index in [0.29, 0.717) is 46.6 Å². The van der Waals surface area contributed by atoms with E-state index in [1.165, 1.54) is 12.4 Å². The molecule has 0 bridgehead atoms. The summed E-state index contributed by atoms with van der Waals surface area (Å²) in [5.41, 5.74) is 6.68. The van der Waals surface area contributed by atoms with Gasteiger partial charge in [0.25, 0.3) is 0 Å². The summed E-state index contributed by atoms with van der Waals surface area (Å²) >= 11 is 6.79. The summed E-state index contributed by atoms with van der Waals surface area (Å²) in [4.78, 5) is 49.9. The van der Waals surface area contributed by atoms with Crippen molar-refractivity contribution in [2.24, 2.45) is 10.2 Å². The third-order valence-corrected chi connectivity index (χ3v) is 8.33. The standard InChI is InChI=1S/C38H36Br2N4O8/c1-49-31-15-9-25(10-16-31)37(47)51-33-19-13-29(39)21-27(33)23-41-43-35(45)7-5-3-4-6-8-36(46)44-42-24-28-22-30(40)14-20-34(28)52-38(48)26-11-17-32(50-2)18-12-26/h9-24H,3-8H2,1-2H3,(H,43,45)(H,44,46). The molecule has 0 aliphatic heterocycles. The van der Waals surface area contributed by atoms with E-state index in [2.05, 4.69) is 52.9 Å². The first-order valence-electron chi connectivity index (χ1n) is 16.1. The SMILES string of the molecule is COc1ccc(C(=O)Oc2ccc(Br)cc2C=NNC(=O)CCCCCCC(=O)NN=Cc2cc(Br)ccc2OC(=O)c2ccc(OC)cc2)cc1. The van der Waals surface area contributed by atoms with Crippen LogP contribution in [0, 0.1) is 0 Å². The van der Waals surface area contributed by atoms with Gasteiger partial charge in [0.05, 0.1) is 37.8 Å². The number of amides is 2. The van der Waals surface area contributed by atoms with Crippen LogP contribution in [-0.4, -0.2) is 50.4 Å². The average Bonchev–Trinajstić information content (AvgIpc) is 3.15. The Hall–Kier alpha value is -5.34. The normalized spacial score (nSPS) is 10.9. The first-order valence-corrected chi connectivity index (χ1v) is 17.7. The van der Waals surface area contributed by atoms with Crippen LogP contribution >= 0.6 is 31.9 Å². The minimum Gasteiger partial charge on any atom is -0.497 e. The number of ether oxygens (including phenoxy) is 4. The molecule has 0 atom stereocenters. The lowest BCUT2D eigenvalue weighted by molar-refractivity contribution is -0.122. The van der Waals surface area contributed by atoms with Crippen LogP contribution in [0.5, 0.6) is 23.0 Å². The molecule has 4 aromatic carbocycles. The number of esters is 2. The highest BCUT2D eigenvalue weighted by atomic mass is 79.9. The second-order valence-electron chi connectivity index (χ2n) is 11.1. The molecule has 14 heteroatoms. The van der Waals surface area contributed by atoms with E-state index < -0.39 is 11.9 Å². The molecule has 12 nitrogen and oxygen atoms in total. The van der Waals surface area contributed by atoms with E-state index in [0.717, 1.165) is 21.8 Å². The molecular formula is C38H36Br2N4O8. The van der Waals surface area contributed by atoms with Gasteiger partial charge in [0.2, 0.25) is 11.8 Å². The molecule has 2 N–H and O–H groups in total. The van der Waals surface area contributed by atoms with E-state index in [4.69, 9.17) is 18.9 Å². The molecule has 0 radical (unpaired) electrons. The molecule has 0 saturated heterocycles. The van der Waals surface area contributed by atoms with Gasteiger partial charge >= 0.3 is 11.9 Å². The maximum atomic E-state index is 12.6. The van der Waals surface area contributed by atoms with Gasteiger partial charge in [-0.05, 0) is 97.8 Å². The summed E-state index contributed by atoms with van der Waals surface area (Å²) < 4.78 is 22.8. The molecule has 4 aromatic rings. The fraction of sp³-hybridized carbons (Fsp3) is 0.211. The lowest BCUT2D eigenvalue weighted by atomic mass is 10.1. The predicted molar refractivity (Wildman–Crippen MR) is 203 cm³/mol. The minimum absolute atomic E-state index is 0.254. The van der Waals surface area contributed by atoms with E-state index in [-0.39, 0.29) is 36.2 Å². The number of hydrogen-bond acceptors (Lipinski definition) is 10. The van der Waals surface area contributed by atoms with Crippen molar-refractivity contribution in [2.45, 2.75) is 38.5 Å². The summed E-state index contributed by atoms with van der Waals surface area (Å²) in [7, 11) is 3.08. The summed E-state index contributed by atoms with van der Waals surface area (Å²) in [5, 5.41) is 8.06. The summed E-state index contributed by atoms with van der Waals surface area (Å²) in [6.07, 6.45) is 6.04. The van der Waals surface area contributed by atoms with Gasteiger partial charge in [0, 0.05) is 32.9 Å². The van der Waals surface area contributed by atoms with Gasteiger partial charge in [-0.2, -0.15) is 10.2 Å². The van der Waals surface area contributed by atoms with Gasteiger partial charge in [-0.25, -0.2) is 20.4 Å². The number of rotatable bonds is 17. The molecular weight excluding hydrogens is 800 g/mol. The third-order valence-electron chi connectivity index (χ3n) is 7.34. The van der Waals surface area contributed by atoms with Crippen LogP contribution in [0.4, 0.5) is 0 Å². The topological polar surface area (TPSA) is 154 Å². The number of unbranched alkanes of at least 4 members (excludes halogenated alkanes) is 3. The number of halogens is 2. The Balaban J connectivity index is 1.14. The quantitative estimate of drug-likeness (QED) is 0.0363. The maximum Gasteiger partial charge on any atom is 0.343 e. The molecule has 2 amide bonds. The van der Waals surface area contributed by atoms with E-state index >= 15 is 0 Å². The predicted octanol–water partition coefficient (Wildman–Crippen LogP) is 7.61. The zero-order chi connectivity index (χ0) is 37.3. The molecule has 0 fully saturated rings. The molecule has 4 rings (SSSR count). The fourth-order valence-corrected chi connectivity index (χ4v) is 5.34. The molecule has 0 heterocycles. The van der Waals surface area contributed by atoms with Crippen LogP contribution in [-0.2, 0) is 9.59 Å². The Morgan fingerprint density at radius 3 is 1.33 bits per heavy atom. The Kier molecular flexibility index (Phi) is 15.5. The van der Waals surface area contributed by atoms with Gasteiger partial charge in [-0.15, -0.1) is 0 Å². The van der Waals surface area contributed by atoms with Crippen LogP contribution < -0.4 is 29.8 Å². The van der Waals surface area contributed by atoms with Crippen LogP contribution in [0.1, 0.15) is 70.4 Å². The summed E-state index contributed by atoms with van der Waals surface area (Å²) in [6.45, 7) is 0. The number of methoxy groups -OCH3 is 2. The van der Waals surface area contributed by atoms with Gasteiger partial charge in [0.15, 0.2) is 0 Å². The van der Waals surface area contributed by atoms with Crippen molar-refractivity contribution in [3.63, 3.8) is 0 Å². The summed E-state index contributed by atoms with van der Waals surface area (Å²) in [6, 6.07) is 23.2. The molecule has 0 aliphatic carbocycles. The van der Waals surface area contributed by atoms with Gasteiger partial charge < -0.3 is 18.9 Å². The number of nitrogens with one attached hydrogen (secondary N) is 2. The lowest BCUT2D eigenvalue weighted by Gasteiger charge is -2.09. The molecule has 52 heavy (non-hydrogen) atoms. The fourth-order valence-electron chi connectivity index (χ4n) is 4.58. The minimum atomic E-state index is -0.547. The molecule has 0 saturated carbocycles. The van der Waals surface area contributed by atoms with Crippen molar-refractivity contribution < 1.29 is 38.1 Å². The van der Waals surface area contributed by atoms with Crippen molar-refractivity contribution in [1.82, 2.24) is 10.9 Å². The number of carbonyl (C=O) groups excluding carboxylic acids is 4. The Labute approximate surface area is 317 Å². The highest BCUT2D eigenvalue weighted by molar-refractivity contribution is 9.10. The van der Waals surface area contributed by atoms with Crippen LogP contribution in [0.25, 0.3) is 0 Å². The Bertz CT molecular complexity index is 1780. The zero-order valence-electron chi connectivity index (χ0n) is 28.4. The van der Waals surface area contributed by atoms with Crippen molar-refractivity contribution in [3.05, 3.63) is 116 Å². The number of carbonyl (C=O) groups is 4. The average molecular weight is 837 g/mol. The molecule has 0 unspecified atom stereocenters. The van der Waals surface area contributed by atoms with E-state index in [1.54, 1.807) is 99.1 Å². The number of benzene rings is 4. The highest BCUT2D eigenvalue weighted by Gasteiger charge is 2.14. The molecule has 270 valence electrons. The monoisotopic (exact) mass is 834 g/mol. The van der Waals surface area contributed by atoms with Gasteiger partial charge in [-0.3, -0.25) is 9.59 Å². The Morgan fingerprint density at radius 2 is 0.962 bits per heavy atom. The lowest BCUT2D eigenvalue weighted by Crippen LogP contribution is -2.17. The van der Waals surface area contributed by atoms with Gasteiger partial charge in [0.1, 0.15) is 23.0 Å². The van der Waals surface area contributed by atoms with Crippen LogP contribution in [0.3, 0.4) is 0 Å². The first-order chi connectivity index (χ1) is 25.1. The van der Waals surface area contributed by atoms with Crippen molar-refractivity contribution in [3.8, 4) is 23.0 Å². The number of hydrazone groups is 2. The Morgan fingerprint density at radius 1 is 0.577 bits per heavy atom. The molecule has 0 aliphatic rings. The maximum absolute atomic E-state index is 12.6. The third kappa shape index (κ3) is 12.8. The molecule has 0 aromatic heterocycles. The zero-order valence-corrected chi connectivity index (χ0v) is 31.6. The van der Waals surface area contributed by atoms with E-state index in [1.807, 2.05) is 0 Å². The highest BCUT2D eigenvalue weighted by Crippen LogP contribution is 2.25. The van der Waals surface area contributed by atoms with E-state index in [9.17, 15) is 19.2 Å². The van der Waals surface area contributed by atoms with Crippen molar-refractivity contribution in [1.29, 1.82) is 0 Å². The second-order valence-corrected chi connectivity index (χ2v) is 12.9. The van der Waals surface area contributed by atoms with Crippen molar-refractivity contribution >= 4 is 68.0 Å². The van der Waals surface area contributed by atoms with Crippen LogP contribution in [0.2, 0.25) is 0 Å². The largest absolute Gasteiger partial charge is 0.497 e. The molecule has 0 spiro atoms. The smallest absolute Gasteiger partial charge is 0.343 e. The summed E-state index contributed by atoms with van der Waals surface area (Å²) in [5.74, 6) is 0.172. The second kappa shape index (κ2) is 20.5. The number of hydrogen-bond donors (Lipinski definition) is 2. The van der Waals surface area contributed by atoms with Crippen LogP contribution in [0.15, 0.2) is 104 Å². The first kappa shape index (κ1) is 39.4. The van der Waals surface area contributed by atoms with Crippen molar-refractivity contribution in [2.75, 3.05) is 14.2 Å².